The van der Waals surface area contributed by atoms with Gasteiger partial charge < -0.3 is 10.8 Å². The van der Waals surface area contributed by atoms with Gasteiger partial charge in [-0.3, -0.25) is 4.79 Å². The monoisotopic (exact) mass is 221 g/mol. The number of carbonyl (C=O) groups excluding carboxylic acids is 1. The molecule has 76 valence electrons. The van der Waals surface area contributed by atoms with Gasteiger partial charge in [0.05, 0.1) is 5.56 Å². The van der Waals surface area contributed by atoms with Crippen LogP contribution in [0.5, 0.6) is 5.75 Å². The molecule has 3 N–H and O–H groups in total. The first-order valence-electron chi connectivity index (χ1n) is 4.31. The molecule has 4 heteroatoms. The van der Waals surface area contributed by atoms with Crippen LogP contribution in [0.2, 0.25) is 5.02 Å². The maximum atomic E-state index is 11.0. The Labute approximate surface area is 91.1 Å². The summed E-state index contributed by atoms with van der Waals surface area (Å²) < 4.78 is 0. The second kappa shape index (κ2) is 3.44. The summed E-state index contributed by atoms with van der Waals surface area (Å²) in [5, 5.41) is 11.4. The van der Waals surface area contributed by atoms with Crippen molar-refractivity contribution in [3.05, 3.63) is 40.9 Å². The SMILES string of the molecule is NC(=O)c1cc(Cl)c2ccccc2c1O. The summed E-state index contributed by atoms with van der Waals surface area (Å²) in [5.74, 6) is -0.817. The predicted octanol–water partition coefficient (Wildman–Crippen LogP) is 2.30. The van der Waals surface area contributed by atoms with Crippen molar-refractivity contribution in [2.45, 2.75) is 0 Å². The molecule has 0 aromatic heterocycles. The van der Waals surface area contributed by atoms with Crippen molar-refractivity contribution in [2.24, 2.45) is 5.73 Å². The Kier molecular flexibility index (Phi) is 2.25. The first kappa shape index (κ1) is 9.80. The van der Waals surface area contributed by atoms with E-state index >= 15 is 0 Å². The second-order valence-corrected chi connectivity index (χ2v) is 3.57. The lowest BCUT2D eigenvalue weighted by Crippen LogP contribution is -2.11. The third-order valence-electron chi connectivity index (χ3n) is 2.23. The fraction of sp³-hybridized carbons (Fsp3) is 0. The van der Waals surface area contributed by atoms with Crippen molar-refractivity contribution in [1.29, 1.82) is 0 Å². The van der Waals surface area contributed by atoms with Gasteiger partial charge in [0, 0.05) is 15.8 Å². The molecule has 0 saturated heterocycles. The predicted molar refractivity (Wildman–Crippen MR) is 59.1 cm³/mol. The number of rotatable bonds is 1. The van der Waals surface area contributed by atoms with Crippen LogP contribution in [0.1, 0.15) is 10.4 Å². The highest BCUT2D eigenvalue weighted by Crippen LogP contribution is 2.33. The van der Waals surface area contributed by atoms with E-state index in [1.807, 2.05) is 0 Å². The van der Waals surface area contributed by atoms with Gasteiger partial charge in [0.25, 0.3) is 5.91 Å². The van der Waals surface area contributed by atoms with Crippen molar-refractivity contribution in [2.75, 3.05) is 0 Å². The second-order valence-electron chi connectivity index (χ2n) is 3.16. The van der Waals surface area contributed by atoms with Gasteiger partial charge in [-0.1, -0.05) is 35.9 Å². The van der Waals surface area contributed by atoms with Crippen molar-refractivity contribution in [1.82, 2.24) is 0 Å². The minimum absolute atomic E-state index is 0.0405. The molecule has 0 fully saturated rings. The fourth-order valence-corrected chi connectivity index (χ4v) is 1.78. The summed E-state index contributed by atoms with van der Waals surface area (Å²) in [6, 6.07) is 8.38. The maximum absolute atomic E-state index is 11.0. The van der Waals surface area contributed by atoms with Gasteiger partial charge in [-0.2, -0.15) is 0 Å². The highest BCUT2D eigenvalue weighted by molar-refractivity contribution is 6.36. The van der Waals surface area contributed by atoms with Crippen LogP contribution in [0.3, 0.4) is 0 Å². The van der Waals surface area contributed by atoms with Crippen LogP contribution < -0.4 is 5.73 Å². The van der Waals surface area contributed by atoms with Gasteiger partial charge in [0.2, 0.25) is 0 Å². The molecule has 0 radical (unpaired) electrons. The Morgan fingerprint density at radius 3 is 2.47 bits per heavy atom. The molecule has 1 amide bonds. The summed E-state index contributed by atoms with van der Waals surface area (Å²) >= 11 is 5.96. The van der Waals surface area contributed by atoms with Crippen LogP contribution in [-0.2, 0) is 0 Å². The Morgan fingerprint density at radius 2 is 1.87 bits per heavy atom. The minimum atomic E-state index is -0.694. The number of primary amides is 1. The lowest BCUT2D eigenvalue weighted by molar-refractivity contribution is 0.0998. The number of benzene rings is 2. The molecule has 0 aliphatic carbocycles. The molecule has 0 saturated carbocycles. The summed E-state index contributed by atoms with van der Waals surface area (Å²) in [4.78, 5) is 11.0. The highest BCUT2D eigenvalue weighted by atomic mass is 35.5. The Hall–Kier alpha value is -1.74. The maximum Gasteiger partial charge on any atom is 0.252 e. The molecule has 0 unspecified atom stereocenters. The van der Waals surface area contributed by atoms with Gasteiger partial charge >= 0.3 is 0 Å². The van der Waals surface area contributed by atoms with E-state index in [2.05, 4.69) is 0 Å². The van der Waals surface area contributed by atoms with E-state index < -0.39 is 5.91 Å². The van der Waals surface area contributed by atoms with Gasteiger partial charge in [0.15, 0.2) is 0 Å². The van der Waals surface area contributed by atoms with E-state index in [0.29, 0.717) is 15.8 Å². The molecular weight excluding hydrogens is 214 g/mol. The van der Waals surface area contributed by atoms with Crippen LogP contribution in [0.4, 0.5) is 0 Å². The van der Waals surface area contributed by atoms with Crippen LogP contribution in [0.25, 0.3) is 10.8 Å². The standard InChI is InChI=1S/C11H8ClNO2/c12-9-5-8(11(13)15)10(14)7-4-2-1-3-6(7)9/h1-5,14H,(H2,13,15). The van der Waals surface area contributed by atoms with Gasteiger partial charge in [-0.15, -0.1) is 0 Å². The van der Waals surface area contributed by atoms with E-state index in [0.717, 1.165) is 0 Å². The van der Waals surface area contributed by atoms with E-state index in [1.165, 1.54) is 6.07 Å². The Bertz CT molecular complexity index is 552. The lowest BCUT2D eigenvalue weighted by atomic mass is 10.0. The van der Waals surface area contributed by atoms with Crippen LogP contribution >= 0.6 is 11.6 Å². The number of nitrogens with two attached hydrogens (primary N) is 1. The Morgan fingerprint density at radius 1 is 1.27 bits per heavy atom. The number of halogens is 1. The first-order chi connectivity index (χ1) is 7.11. The van der Waals surface area contributed by atoms with E-state index in [4.69, 9.17) is 17.3 Å². The van der Waals surface area contributed by atoms with Gasteiger partial charge in [-0.25, -0.2) is 0 Å². The molecule has 2 aromatic carbocycles. The summed E-state index contributed by atoms with van der Waals surface area (Å²) in [6.07, 6.45) is 0. The average molecular weight is 222 g/mol. The topological polar surface area (TPSA) is 63.3 Å². The molecule has 0 heterocycles. The normalized spacial score (nSPS) is 10.5. The molecule has 0 atom stereocenters. The fourth-order valence-electron chi connectivity index (χ4n) is 1.50. The van der Waals surface area contributed by atoms with Crippen LogP contribution in [0.15, 0.2) is 30.3 Å². The Balaban J connectivity index is 2.90. The van der Waals surface area contributed by atoms with Crippen molar-refractivity contribution in [3.8, 4) is 5.75 Å². The number of aromatic hydroxyl groups is 1. The van der Waals surface area contributed by atoms with Crippen molar-refractivity contribution >= 4 is 28.3 Å². The number of hydrogen-bond acceptors (Lipinski definition) is 2. The molecule has 0 spiro atoms. The van der Waals surface area contributed by atoms with E-state index in [-0.39, 0.29) is 11.3 Å². The molecule has 2 aromatic rings. The molecule has 3 nitrogen and oxygen atoms in total. The molecule has 15 heavy (non-hydrogen) atoms. The van der Waals surface area contributed by atoms with Crippen LogP contribution in [0, 0.1) is 0 Å². The van der Waals surface area contributed by atoms with Gasteiger partial charge in [0.1, 0.15) is 5.75 Å². The molecule has 0 bridgehead atoms. The highest BCUT2D eigenvalue weighted by Gasteiger charge is 2.13. The van der Waals surface area contributed by atoms with Gasteiger partial charge in [-0.05, 0) is 6.07 Å². The minimum Gasteiger partial charge on any atom is -0.506 e. The third-order valence-corrected chi connectivity index (χ3v) is 2.54. The molecule has 0 aliphatic rings. The summed E-state index contributed by atoms with van der Waals surface area (Å²) in [6.45, 7) is 0. The molecular formula is C11H8ClNO2. The van der Waals surface area contributed by atoms with E-state index in [9.17, 15) is 9.90 Å². The quantitative estimate of drug-likeness (QED) is 0.776. The average Bonchev–Trinajstić information content (AvgIpc) is 2.23. The summed E-state index contributed by atoms with van der Waals surface area (Å²) in [5.41, 5.74) is 5.16. The number of fused-ring (bicyclic) bond motifs is 1. The third kappa shape index (κ3) is 1.51. The zero-order valence-corrected chi connectivity index (χ0v) is 8.45. The van der Waals surface area contributed by atoms with Crippen molar-refractivity contribution < 1.29 is 9.90 Å². The largest absolute Gasteiger partial charge is 0.506 e. The van der Waals surface area contributed by atoms with E-state index in [1.54, 1.807) is 24.3 Å². The lowest BCUT2D eigenvalue weighted by Gasteiger charge is -2.06. The summed E-state index contributed by atoms with van der Waals surface area (Å²) in [7, 11) is 0. The van der Waals surface area contributed by atoms with Crippen LogP contribution in [-0.4, -0.2) is 11.0 Å². The zero-order chi connectivity index (χ0) is 11.0. The molecule has 0 aliphatic heterocycles. The zero-order valence-electron chi connectivity index (χ0n) is 7.70. The number of amides is 1. The molecule has 2 rings (SSSR count). The first-order valence-corrected chi connectivity index (χ1v) is 4.69. The number of hydrogen-bond donors (Lipinski definition) is 2. The van der Waals surface area contributed by atoms with Crippen molar-refractivity contribution in [3.63, 3.8) is 0 Å². The number of carbonyl (C=O) groups is 1. The number of phenols is 1. The smallest absolute Gasteiger partial charge is 0.252 e.